The highest BCUT2D eigenvalue weighted by molar-refractivity contribution is 7.99. The van der Waals surface area contributed by atoms with Crippen LogP contribution in [-0.4, -0.2) is 21.5 Å². The van der Waals surface area contributed by atoms with Crippen LogP contribution in [0.25, 0.3) is 11.3 Å². The van der Waals surface area contributed by atoms with Crippen molar-refractivity contribution in [3.05, 3.63) is 88.6 Å². The van der Waals surface area contributed by atoms with Crippen molar-refractivity contribution in [3.63, 3.8) is 0 Å². The summed E-state index contributed by atoms with van der Waals surface area (Å²) >= 11 is 7.41. The van der Waals surface area contributed by atoms with E-state index in [-0.39, 0.29) is 17.2 Å². The molecular weight excluding hydrogens is 487 g/mol. The molecule has 11 heteroatoms. The van der Waals surface area contributed by atoms with E-state index in [1.165, 1.54) is 24.1 Å². The number of hydrogen-bond acceptors (Lipinski definition) is 6. The molecule has 34 heavy (non-hydrogen) atoms. The summed E-state index contributed by atoms with van der Waals surface area (Å²) in [6, 6.07) is 18.4. The number of nitrogens with one attached hydrogen (secondary N) is 3. The molecule has 0 amide bonds. The Morgan fingerprint density at radius 2 is 1.76 bits per heavy atom. The van der Waals surface area contributed by atoms with E-state index in [9.17, 15) is 18.0 Å². The summed E-state index contributed by atoms with van der Waals surface area (Å²) in [5.74, 6) is 0.749. The number of anilines is 3. The Balaban J connectivity index is 1.44. The smallest absolute Gasteiger partial charge is 0.329 e. The normalized spacial score (nSPS) is 11.3. The van der Waals surface area contributed by atoms with Crippen LogP contribution in [0, 0.1) is 0 Å². The predicted octanol–water partition coefficient (Wildman–Crippen LogP) is 6.96. The Labute approximate surface area is 202 Å². The van der Waals surface area contributed by atoms with Gasteiger partial charge in [-0.15, -0.1) is 0 Å². The average molecular weight is 504 g/mol. The third-order valence-corrected chi connectivity index (χ3v) is 5.83. The quantitative estimate of drug-likeness (QED) is 0.178. The van der Waals surface area contributed by atoms with E-state index < -0.39 is 11.9 Å². The lowest BCUT2D eigenvalue weighted by Crippen LogP contribution is -2.09. The number of aromatic nitrogens is 3. The third-order valence-electron chi connectivity index (χ3n) is 4.72. The molecule has 0 saturated heterocycles. The van der Waals surface area contributed by atoms with Crippen molar-refractivity contribution in [1.29, 1.82) is 0 Å². The molecular formula is C23H17ClF3N5OS. The van der Waals surface area contributed by atoms with E-state index >= 15 is 0 Å². The fourth-order valence-corrected chi connectivity index (χ4v) is 3.91. The van der Waals surface area contributed by atoms with E-state index in [0.29, 0.717) is 22.6 Å². The molecule has 0 bridgehead atoms. The largest absolute Gasteiger partial charge is 0.433 e. The van der Waals surface area contributed by atoms with Crippen LogP contribution in [0.5, 0.6) is 0 Å². The summed E-state index contributed by atoms with van der Waals surface area (Å²) in [6.07, 6.45) is -3.99. The molecule has 6 nitrogen and oxygen atoms in total. The minimum atomic E-state index is -4.58. The van der Waals surface area contributed by atoms with E-state index in [0.717, 1.165) is 23.1 Å². The zero-order valence-electron chi connectivity index (χ0n) is 17.4. The van der Waals surface area contributed by atoms with Crippen LogP contribution in [-0.2, 0) is 11.9 Å². The van der Waals surface area contributed by atoms with E-state index in [1.54, 1.807) is 12.1 Å². The maximum atomic E-state index is 12.9. The standard InChI is InChI=1S/C23H17ClF3N5OS/c24-16-8-4-14(5-9-16)13-34-32-17-10-6-15(7-11-17)21-18(12-33)22(31-30-21)29-20-3-1-2-19(28-20)23(25,26)27/h1-12,32H,13H2,(H2,28,29,30,31). The predicted molar refractivity (Wildman–Crippen MR) is 128 cm³/mol. The summed E-state index contributed by atoms with van der Waals surface area (Å²) in [4.78, 5) is 15.3. The minimum Gasteiger partial charge on any atom is -0.329 e. The van der Waals surface area contributed by atoms with Crippen LogP contribution < -0.4 is 10.0 Å². The molecule has 0 aliphatic carbocycles. The zero-order valence-corrected chi connectivity index (χ0v) is 18.9. The molecule has 0 fully saturated rings. The molecule has 0 aliphatic rings. The number of carbonyl (C=O) groups is 1. The number of alkyl halides is 3. The zero-order chi connectivity index (χ0) is 24.1. The van der Waals surface area contributed by atoms with Gasteiger partial charge in [0.15, 0.2) is 12.1 Å². The summed E-state index contributed by atoms with van der Waals surface area (Å²) in [5.41, 5.74) is 2.25. The first-order chi connectivity index (χ1) is 16.3. The van der Waals surface area contributed by atoms with Gasteiger partial charge in [0, 0.05) is 22.0 Å². The Kier molecular flexibility index (Phi) is 7.09. The van der Waals surface area contributed by atoms with Crippen molar-refractivity contribution in [2.75, 3.05) is 10.0 Å². The average Bonchev–Trinajstić information content (AvgIpc) is 3.23. The second-order valence-corrected chi connectivity index (χ2v) is 8.32. The van der Waals surface area contributed by atoms with Gasteiger partial charge < -0.3 is 10.0 Å². The second kappa shape index (κ2) is 10.2. The van der Waals surface area contributed by atoms with Crippen LogP contribution in [0.3, 0.4) is 0 Å². The van der Waals surface area contributed by atoms with Gasteiger partial charge in [-0.2, -0.15) is 18.3 Å². The van der Waals surface area contributed by atoms with Crippen LogP contribution in [0.2, 0.25) is 5.02 Å². The van der Waals surface area contributed by atoms with Gasteiger partial charge in [-0.05, 0) is 53.9 Å². The summed E-state index contributed by atoms with van der Waals surface area (Å²) in [7, 11) is 0. The van der Waals surface area contributed by atoms with Crippen molar-refractivity contribution in [1.82, 2.24) is 15.2 Å². The molecule has 0 atom stereocenters. The number of hydrogen-bond donors (Lipinski definition) is 3. The topological polar surface area (TPSA) is 82.7 Å². The van der Waals surface area contributed by atoms with Crippen LogP contribution in [0.1, 0.15) is 21.6 Å². The number of pyridine rings is 1. The lowest BCUT2D eigenvalue weighted by atomic mass is 10.1. The molecule has 2 aromatic carbocycles. The highest BCUT2D eigenvalue weighted by Gasteiger charge is 2.32. The number of halogens is 4. The van der Waals surface area contributed by atoms with Gasteiger partial charge in [-0.1, -0.05) is 41.9 Å². The number of benzene rings is 2. The molecule has 0 radical (unpaired) electrons. The lowest BCUT2D eigenvalue weighted by Gasteiger charge is -2.08. The molecule has 174 valence electrons. The maximum Gasteiger partial charge on any atom is 0.433 e. The molecule has 2 aromatic heterocycles. The van der Waals surface area contributed by atoms with Gasteiger partial charge in [-0.25, -0.2) is 4.98 Å². The number of rotatable bonds is 8. The molecule has 4 rings (SSSR count). The molecule has 0 saturated carbocycles. The highest BCUT2D eigenvalue weighted by Crippen LogP contribution is 2.31. The first kappa shape index (κ1) is 23.7. The Bertz CT molecular complexity index is 1280. The van der Waals surface area contributed by atoms with Crippen molar-refractivity contribution in [2.24, 2.45) is 0 Å². The van der Waals surface area contributed by atoms with Gasteiger partial charge in [0.25, 0.3) is 0 Å². The molecule has 0 aliphatic heterocycles. The van der Waals surface area contributed by atoms with Gasteiger partial charge in [0.05, 0.1) is 11.3 Å². The highest BCUT2D eigenvalue weighted by atomic mass is 35.5. The third kappa shape index (κ3) is 5.70. The fraction of sp³-hybridized carbons (Fsp3) is 0.0870. The van der Waals surface area contributed by atoms with Gasteiger partial charge in [0.1, 0.15) is 11.5 Å². The van der Waals surface area contributed by atoms with Crippen LogP contribution in [0.4, 0.5) is 30.5 Å². The van der Waals surface area contributed by atoms with Crippen molar-refractivity contribution in [3.8, 4) is 11.3 Å². The SMILES string of the molecule is O=Cc1c(Nc2cccc(C(F)(F)F)n2)n[nH]c1-c1ccc(NSCc2ccc(Cl)cc2)cc1. The Morgan fingerprint density at radius 3 is 2.44 bits per heavy atom. The molecule has 0 spiro atoms. The minimum absolute atomic E-state index is 0.0757. The summed E-state index contributed by atoms with van der Waals surface area (Å²) in [6.45, 7) is 0. The number of carbonyl (C=O) groups excluding carboxylic acids is 1. The van der Waals surface area contributed by atoms with Crippen molar-refractivity contribution < 1.29 is 18.0 Å². The van der Waals surface area contributed by atoms with Crippen molar-refractivity contribution >= 4 is 47.2 Å². The first-order valence-electron chi connectivity index (χ1n) is 9.91. The van der Waals surface area contributed by atoms with E-state index in [4.69, 9.17) is 11.6 Å². The van der Waals surface area contributed by atoms with Gasteiger partial charge in [0.2, 0.25) is 0 Å². The molecule has 4 aromatic rings. The second-order valence-electron chi connectivity index (χ2n) is 7.10. The fourth-order valence-electron chi connectivity index (χ4n) is 3.05. The Hall–Kier alpha value is -3.50. The van der Waals surface area contributed by atoms with Gasteiger partial charge >= 0.3 is 6.18 Å². The van der Waals surface area contributed by atoms with Crippen LogP contribution >= 0.6 is 23.5 Å². The summed E-state index contributed by atoms with van der Waals surface area (Å²) in [5, 5.41) is 10.2. The van der Waals surface area contributed by atoms with E-state index in [2.05, 4.69) is 25.2 Å². The molecule has 0 unspecified atom stereocenters. The molecule has 3 N–H and O–H groups in total. The van der Waals surface area contributed by atoms with E-state index in [1.807, 2.05) is 36.4 Å². The van der Waals surface area contributed by atoms with Crippen molar-refractivity contribution in [2.45, 2.75) is 11.9 Å². The maximum absolute atomic E-state index is 12.9. The number of H-pyrrole nitrogens is 1. The van der Waals surface area contributed by atoms with Gasteiger partial charge in [-0.3, -0.25) is 9.89 Å². The number of nitrogens with zero attached hydrogens (tertiary/aromatic N) is 2. The number of aromatic amines is 1. The lowest BCUT2D eigenvalue weighted by molar-refractivity contribution is -0.141. The number of aldehydes is 1. The monoisotopic (exact) mass is 503 g/mol. The Morgan fingerprint density at radius 1 is 1.03 bits per heavy atom. The first-order valence-corrected chi connectivity index (χ1v) is 11.3. The molecule has 2 heterocycles. The van der Waals surface area contributed by atoms with Crippen LogP contribution in [0.15, 0.2) is 66.7 Å². The summed E-state index contributed by atoms with van der Waals surface area (Å²) < 4.78 is 42.0.